The smallest absolute Gasteiger partial charge is 0.303 e. The van der Waals surface area contributed by atoms with Gasteiger partial charge in [-0.15, -0.1) is 0 Å². The zero-order valence-electron chi connectivity index (χ0n) is 20.7. The number of fused-ring (bicyclic) bond motifs is 3. The molecule has 38 heavy (non-hydrogen) atoms. The minimum absolute atomic E-state index is 0.0464. The van der Waals surface area contributed by atoms with Crippen molar-refractivity contribution in [2.24, 2.45) is 5.92 Å². The minimum atomic E-state index is -0.856. The number of aryl methyl sites for hydroxylation is 1. The Morgan fingerprint density at radius 1 is 1.18 bits per heavy atom. The minimum Gasteiger partial charge on any atom is -0.493 e. The molecular formula is C30H26N4O4. The van der Waals surface area contributed by atoms with Crippen molar-refractivity contribution in [1.29, 1.82) is 5.26 Å². The molecule has 4 aromatic rings. The number of carboxylic acid groups (broad SMARTS) is 1. The van der Waals surface area contributed by atoms with Crippen LogP contribution in [0.25, 0.3) is 22.2 Å². The molecule has 8 heteroatoms. The molecule has 1 fully saturated rings. The number of carboxylic acids is 1. The first kappa shape index (κ1) is 23.7. The van der Waals surface area contributed by atoms with Gasteiger partial charge >= 0.3 is 5.97 Å². The number of nitrogens with one attached hydrogen (secondary N) is 2. The maximum absolute atomic E-state index is 13.5. The van der Waals surface area contributed by atoms with Crippen LogP contribution >= 0.6 is 0 Å². The average Bonchev–Trinajstić information content (AvgIpc) is 3.44. The molecule has 1 amide bonds. The Morgan fingerprint density at radius 3 is 2.92 bits per heavy atom. The van der Waals surface area contributed by atoms with Crippen molar-refractivity contribution < 1.29 is 19.4 Å². The van der Waals surface area contributed by atoms with Gasteiger partial charge in [0.05, 0.1) is 18.2 Å². The van der Waals surface area contributed by atoms with E-state index in [1.54, 1.807) is 18.2 Å². The lowest BCUT2D eigenvalue weighted by molar-refractivity contribution is -0.137. The number of hydrogen-bond acceptors (Lipinski definition) is 5. The van der Waals surface area contributed by atoms with E-state index >= 15 is 0 Å². The zero-order chi connectivity index (χ0) is 26.3. The molecule has 0 unspecified atom stereocenters. The highest BCUT2D eigenvalue weighted by atomic mass is 16.5. The number of carbonyl (C=O) groups is 2. The van der Waals surface area contributed by atoms with Crippen LogP contribution in [-0.2, 0) is 21.4 Å². The Morgan fingerprint density at radius 2 is 2.08 bits per heavy atom. The Kier molecular flexibility index (Phi) is 5.84. The van der Waals surface area contributed by atoms with Gasteiger partial charge in [-0.3, -0.25) is 9.59 Å². The number of aliphatic carboxylic acids is 1. The zero-order valence-corrected chi connectivity index (χ0v) is 20.7. The van der Waals surface area contributed by atoms with Crippen LogP contribution in [0.2, 0.25) is 0 Å². The number of pyridine rings is 1. The Labute approximate surface area is 219 Å². The van der Waals surface area contributed by atoms with E-state index in [9.17, 15) is 14.9 Å². The van der Waals surface area contributed by atoms with Gasteiger partial charge in [0.1, 0.15) is 11.4 Å². The summed E-state index contributed by atoms with van der Waals surface area (Å²) >= 11 is 0. The fourth-order valence-electron chi connectivity index (χ4n) is 5.65. The Bertz CT molecular complexity index is 1620. The van der Waals surface area contributed by atoms with E-state index in [0.29, 0.717) is 30.7 Å². The molecule has 1 aliphatic heterocycles. The lowest BCUT2D eigenvalue weighted by Crippen LogP contribution is -2.27. The maximum Gasteiger partial charge on any atom is 0.303 e. The molecule has 1 aliphatic carbocycles. The number of carbonyl (C=O) groups excluding carboxylic acids is 1. The second-order valence-corrected chi connectivity index (χ2v) is 10.1. The highest BCUT2D eigenvalue weighted by molar-refractivity contribution is 5.97. The van der Waals surface area contributed by atoms with E-state index in [0.717, 1.165) is 51.9 Å². The Balaban J connectivity index is 1.26. The van der Waals surface area contributed by atoms with E-state index in [-0.39, 0.29) is 23.7 Å². The van der Waals surface area contributed by atoms with Crippen molar-refractivity contribution >= 4 is 28.6 Å². The third-order valence-corrected chi connectivity index (χ3v) is 7.78. The summed E-state index contributed by atoms with van der Waals surface area (Å²) in [5, 5.41) is 22.5. The highest BCUT2D eigenvalue weighted by Crippen LogP contribution is 2.61. The molecule has 0 radical (unpaired) electrons. The van der Waals surface area contributed by atoms with Gasteiger partial charge < -0.3 is 20.1 Å². The molecule has 2 aromatic heterocycles. The van der Waals surface area contributed by atoms with E-state index < -0.39 is 5.97 Å². The topological polar surface area (TPSA) is 128 Å². The number of aromatic amines is 1. The van der Waals surface area contributed by atoms with Gasteiger partial charge in [0, 0.05) is 52.3 Å². The second kappa shape index (κ2) is 9.34. The molecule has 1 spiro atoms. The van der Waals surface area contributed by atoms with Gasteiger partial charge in [0.25, 0.3) is 0 Å². The van der Waals surface area contributed by atoms with Gasteiger partial charge in [-0.05, 0) is 73.2 Å². The molecule has 190 valence electrons. The highest BCUT2D eigenvalue weighted by Gasteiger charge is 2.61. The van der Waals surface area contributed by atoms with Crippen molar-refractivity contribution in [2.75, 3.05) is 11.9 Å². The number of hydrogen-bond donors (Lipinski definition) is 3. The van der Waals surface area contributed by atoms with Gasteiger partial charge in [-0.2, -0.15) is 5.26 Å². The summed E-state index contributed by atoms with van der Waals surface area (Å²) in [6.07, 6.45) is 6.19. The molecule has 2 atom stereocenters. The lowest BCUT2D eigenvalue weighted by Gasteiger charge is -2.27. The van der Waals surface area contributed by atoms with Gasteiger partial charge in [0.15, 0.2) is 0 Å². The maximum atomic E-state index is 13.5. The monoisotopic (exact) mass is 506 g/mol. The van der Waals surface area contributed by atoms with E-state index in [1.165, 1.54) is 0 Å². The van der Waals surface area contributed by atoms with Crippen LogP contribution in [0, 0.1) is 17.2 Å². The number of ether oxygens (including phenoxy) is 1. The van der Waals surface area contributed by atoms with Crippen LogP contribution in [-0.4, -0.2) is 33.6 Å². The molecule has 1 saturated carbocycles. The molecule has 8 nitrogen and oxygen atoms in total. The van der Waals surface area contributed by atoms with Crippen molar-refractivity contribution in [2.45, 2.75) is 37.5 Å². The third kappa shape index (κ3) is 4.26. The lowest BCUT2D eigenvalue weighted by atomic mass is 9.85. The largest absolute Gasteiger partial charge is 0.493 e. The summed E-state index contributed by atoms with van der Waals surface area (Å²) in [5.41, 5.74) is 5.47. The number of nitrogens with zero attached hydrogens (tertiary/aromatic N) is 2. The summed E-state index contributed by atoms with van der Waals surface area (Å²) in [6.45, 7) is 0.553. The third-order valence-electron chi connectivity index (χ3n) is 7.78. The predicted octanol–water partition coefficient (Wildman–Crippen LogP) is 5.19. The number of nitriles is 1. The number of anilines is 1. The first-order valence-electron chi connectivity index (χ1n) is 12.7. The van der Waals surface area contributed by atoms with Crippen molar-refractivity contribution in [1.82, 2.24) is 9.97 Å². The van der Waals surface area contributed by atoms with Crippen LogP contribution in [0.15, 0.2) is 60.9 Å². The van der Waals surface area contributed by atoms with Gasteiger partial charge in [0.2, 0.25) is 5.91 Å². The first-order valence-corrected chi connectivity index (χ1v) is 12.7. The number of H-pyrrole nitrogens is 1. The van der Waals surface area contributed by atoms with Crippen LogP contribution in [0.5, 0.6) is 5.75 Å². The van der Waals surface area contributed by atoms with Crippen molar-refractivity contribution in [3.05, 3.63) is 77.6 Å². The van der Waals surface area contributed by atoms with Crippen molar-refractivity contribution in [3.63, 3.8) is 0 Å². The molecule has 6 rings (SSSR count). The molecule has 0 saturated heterocycles. The van der Waals surface area contributed by atoms with E-state index in [1.807, 2.05) is 30.6 Å². The average molecular weight is 507 g/mol. The summed E-state index contributed by atoms with van der Waals surface area (Å²) in [5.74, 6) is -0.353. The van der Waals surface area contributed by atoms with Crippen molar-refractivity contribution in [3.8, 4) is 22.9 Å². The van der Waals surface area contributed by atoms with E-state index in [2.05, 4.69) is 33.5 Å². The molecule has 2 aromatic carbocycles. The summed E-state index contributed by atoms with van der Waals surface area (Å²) < 4.78 is 5.97. The number of rotatable bonds is 7. The number of benzene rings is 2. The number of amides is 1. The molecule has 0 bridgehead atoms. The van der Waals surface area contributed by atoms with Gasteiger partial charge in [-0.25, -0.2) is 4.98 Å². The van der Waals surface area contributed by atoms with Crippen LogP contribution in [0.4, 0.5) is 5.69 Å². The quantitative estimate of drug-likeness (QED) is 0.317. The molecule has 2 aliphatic rings. The predicted molar refractivity (Wildman–Crippen MR) is 142 cm³/mol. The SMILES string of the molecule is N#Cc1ccc(CCCC(=O)O)c(NC(=O)[C@@H]2C[C@]23CCOc2ccc(-c4cnc5[nH]ccc5c4)cc23)c1. The summed E-state index contributed by atoms with van der Waals surface area (Å²) in [7, 11) is 0. The van der Waals surface area contributed by atoms with Gasteiger partial charge in [-0.1, -0.05) is 12.1 Å². The number of aromatic nitrogens is 2. The van der Waals surface area contributed by atoms with E-state index in [4.69, 9.17) is 9.84 Å². The van der Waals surface area contributed by atoms with Crippen LogP contribution < -0.4 is 10.1 Å². The fourth-order valence-corrected chi connectivity index (χ4v) is 5.65. The fraction of sp³-hybridized carbons (Fsp3) is 0.267. The second-order valence-electron chi connectivity index (χ2n) is 10.1. The van der Waals surface area contributed by atoms with Crippen LogP contribution in [0.1, 0.15) is 42.4 Å². The molecule has 3 N–H and O–H groups in total. The standard InChI is InChI=1S/C30H26N4O4/c31-16-18-4-5-19(2-1-3-27(35)36)25(12-18)34-29(37)24-15-30(24)9-11-38-26-7-6-20(14-23(26)30)22-13-21-8-10-32-28(21)33-17-22/h4-8,10,12-14,17,24H,1-3,9,11,15H2,(H,32,33)(H,34,37)(H,35,36)/t24-,30-/m0/s1. The van der Waals surface area contributed by atoms with Crippen LogP contribution in [0.3, 0.4) is 0 Å². The Hall–Kier alpha value is -4.64. The summed E-state index contributed by atoms with van der Waals surface area (Å²) in [4.78, 5) is 32.1. The first-order chi connectivity index (χ1) is 18.5. The normalized spacial score (nSPS) is 19.4. The molecule has 3 heterocycles. The summed E-state index contributed by atoms with van der Waals surface area (Å²) in [6, 6.07) is 17.5. The molecular weight excluding hydrogens is 480 g/mol.